The molecule has 21 heavy (non-hydrogen) atoms. The number of thiophene rings is 1. The molecule has 0 unspecified atom stereocenters. The van der Waals surface area contributed by atoms with Gasteiger partial charge in [-0.15, -0.1) is 11.3 Å². The molecule has 0 saturated carbocycles. The molecule has 110 valence electrons. The number of nitrogens with zero attached hydrogens (tertiary/aromatic N) is 1. The number of carbonyl (C=O) groups is 1. The number of amides is 1. The molecule has 0 spiro atoms. The van der Waals surface area contributed by atoms with Gasteiger partial charge < -0.3 is 16.3 Å². The zero-order valence-electron chi connectivity index (χ0n) is 10.9. The van der Waals surface area contributed by atoms with E-state index in [-0.39, 0.29) is 11.7 Å². The number of amidine groups is 1. The van der Waals surface area contributed by atoms with E-state index in [0.29, 0.717) is 21.2 Å². The molecule has 1 heterocycles. The van der Waals surface area contributed by atoms with E-state index in [0.717, 1.165) is 9.35 Å². The largest absolute Gasteiger partial charge is 0.409 e. The van der Waals surface area contributed by atoms with Gasteiger partial charge in [-0.05, 0) is 52.7 Å². The Hall–Kier alpha value is -1.57. The molecule has 8 heteroatoms. The number of aryl methyl sites for hydroxylation is 1. The van der Waals surface area contributed by atoms with Crippen LogP contribution < -0.4 is 11.1 Å². The summed E-state index contributed by atoms with van der Waals surface area (Å²) in [5.41, 5.74) is 7.36. The van der Waals surface area contributed by atoms with Gasteiger partial charge in [-0.1, -0.05) is 16.8 Å². The van der Waals surface area contributed by atoms with Crippen molar-refractivity contribution in [1.82, 2.24) is 0 Å². The third kappa shape index (κ3) is 3.55. The van der Waals surface area contributed by atoms with Crippen molar-refractivity contribution in [2.75, 3.05) is 5.32 Å². The first kappa shape index (κ1) is 15.8. The molecule has 1 aromatic carbocycles. The Morgan fingerprint density at radius 2 is 2.19 bits per heavy atom. The number of benzene rings is 1. The monoisotopic (exact) mass is 387 g/mol. The van der Waals surface area contributed by atoms with E-state index in [4.69, 9.17) is 22.5 Å². The number of carbonyl (C=O) groups excluding carboxylic acids is 1. The molecular weight excluding hydrogens is 378 g/mol. The molecule has 0 saturated heterocycles. The Bertz CT molecular complexity index is 711. The van der Waals surface area contributed by atoms with Crippen molar-refractivity contribution in [2.45, 2.75) is 6.92 Å². The topological polar surface area (TPSA) is 87.7 Å². The second-order valence-electron chi connectivity index (χ2n) is 4.20. The molecule has 0 fully saturated rings. The van der Waals surface area contributed by atoms with Gasteiger partial charge in [0, 0.05) is 5.56 Å². The van der Waals surface area contributed by atoms with Gasteiger partial charge in [0.05, 0.1) is 19.4 Å². The van der Waals surface area contributed by atoms with Gasteiger partial charge in [0.1, 0.15) is 0 Å². The lowest BCUT2D eigenvalue weighted by Crippen LogP contribution is -2.15. The maximum Gasteiger partial charge on any atom is 0.265 e. The highest BCUT2D eigenvalue weighted by atomic mass is 79.9. The fourth-order valence-electron chi connectivity index (χ4n) is 1.59. The van der Waals surface area contributed by atoms with Crippen molar-refractivity contribution in [3.05, 3.63) is 49.1 Å². The van der Waals surface area contributed by atoms with Gasteiger partial charge in [-0.3, -0.25) is 4.79 Å². The fraction of sp³-hybridized carbons (Fsp3) is 0.0769. The van der Waals surface area contributed by atoms with E-state index in [1.165, 1.54) is 11.3 Å². The van der Waals surface area contributed by atoms with Crippen LogP contribution in [0.3, 0.4) is 0 Å². The van der Waals surface area contributed by atoms with Gasteiger partial charge in [-0.2, -0.15) is 0 Å². The SMILES string of the molecule is Cc1cc(C(=O)Nc2cc(/C(N)=N/O)ccc2Cl)sc1Br. The van der Waals surface area contributed by atoms with Crippen molar-refractivity contribution in [2.24, 2.45) is 10.9 Å². The molecule has 4 N–H and O–H groups in total. The Morgan fingerprint density at radius 1 is 1.48 bits per heavy atom. The minimum Gasteiger partial charge on any atom is -0.409 e. The number of oxime groups is 1. The first-order valence-electron chi connectivity index (χ1n) is 5.77. The molecule has 5 nitrogen and oxygen atoms in total. The lowest BCUT2D eigenvalue weighted by Gasteiger charge is -2.08. The molecule has 0 radical (unpaired) electrons. The van der Waals surface area contributed by atoms with Gasteiger partial charge in [0.2, 0.25) is 0 Å². The summed E-state index contributed by atoms with van der Waals surface area (Å²) in [6.45, 7) is 1.91. The summed E-state index contributed by atoms with van der Waals surface area (Å²) in [5.74, 6) is -0.329. The van der Waals surface area contributed by atoms with Crippen LogP contribution in [0.15, 0.2) is 33.2 Å². The van der Waals surface area contributed by atoms with Crippen LogP contribution in [-0.2, 0) is 0 Å². The molecular formula is C13H11BrClN3O2S. The van der Waals surface area contributed by atoms with E-state index in [9.17, 15) is 4.79 Å². The van der Waals surface area contributed by atoms with Crippen LogP contribution in [0.1, 0.15) is 20.8 Å². The van der Waals surface area contributed by atoms with Crippen molar-refractivity contribution in [3.63, 3.8) is 0 Å². The third-order valence-corrected chi connectivity index (χ3v) is 5.16. The van der Waals surface area contributed by atoms with Crippen LogP contribution in [0.4, 0.5) is 5.69 Å². The second kappa shape index (κ2) is 6.46. The standard InChI is InChI=1S/C13H11BrClN3O2S/c1-6-4-10(21-11(6)14)13(19)17-9-5-7(12(16)18-20)2-3-8(9)15/h2-5,20H,1H3,(H2,16,18)(H,17,19). The quantitative estimate of drug-likeness (QED) is 0.323. The van der Waals surface area contributed by atoms with E-state index in [2.05, 4.69) is 26.4 Å². The Kier molecular flexibility index (Phi) is 4.87. The summed E-state index contributed by atoms with van der Waals surface area (Å²) in [6, 6.07) is 6.50. The number of rotatable bonds is 3. The summed E-state index contributed by atoms with van der Waals surface area (Å²) >= 11 is 10.8. The predicted molar refractivity (Wildman–Crippen MR) is 88.7 cm³/mol. The summed E-state index contributed by atoms with van der Waals surface area (Å²) in [5, 5.41) is 14.7. The molecule has 1 aromatic heterocycles. The highest BCUT2D eigenvalue weighted by Gasteiger charge is 2.14. The first-order chi connectivity index (χ1) is 9.92. The first-order valence-corrected chi connectivity index (χ1v) is 7.76. The smallest absolute Gasteiger partial charge is 0.265 e. The summed E-state index contributed by atoms with van der Waals surface area (Å²) < 4.78 is 0.907. The maximum absolute atomic E-state index is 12.2. The van der Waals surface area contributed by atoms with E-state index in [1.807, 2.05) is 6.92 Å². The molecule has 0 aliphatic heterocycles. The lowest BCUT2D eigenvalue weighted by molar-refractivity contribution is 0.103. The maximum atomic E-state index is 12.2. The van der Waals surface area contributed by atoms with Gasteiger partial charge >= 0.3 is 0 Å². The van der Waals surface area contributed by atoms with Crippen LogP contribution in [-0.4, -0.2) is 17.0 Å². The Morgan fingerprint density at radius 3 is 2.76 bits per heavy atom. The minimum atomic E-state index is -0.271. The van der Waals surface area contributed by atoms with Crippen LogP contribution in [0.25, 0.3) is 0 Å². The highest BCUT2D eigenvalue weighted by Crippen LogP contribution is 2.29. The highest BCUT2D eigenvalue weighted by molar-refractivity contribution is 9.11. The number of hydrogen-bond acceptors (Lipinski definition) is 4. The summed E-state index contributed by atoms with van der Waals surface area (Å²) in [4.78, 5) is 12.8. The Labute approximate surface area is 138 Å². The van der Waals surface area contributed by atoms with Crippen molar-refractivity contribution >= 4 is 56.3 Å². The molecule has 0 aliphatic rings. The molecule has 0 atom stereocenters. The van der Waals surface area contributed by atoms with E-state index in [1.54, 1.807) is 24.3 Å². The molecule has 2 rings (SSSR count). The summed E-state index contributed by atoms with van der Waals surface area (Å²) in [6.07, 6.45) is 0. The number of nitrogens with two attached hydrogens (primary N) is 1. The minimum absolute atomic E-state index is 0.0584. The van der Waals surface area contributed by atoms with Crippen molar-refractivity contribution in [1.29, 1.82) is 0 Å². The zero-order valence-corrected chi connectivity index (χ0v) is 14.0. The van der Waals surface area contributed by atoms with E-state index < -0.39 is 0 Å². The van der Waals surface area contributed by atoms with Crippen LogP contribution in [0.5, 0.6) is 0 Å². The fourth-order valence-corrected chi connectivity index (χ4v) is 3.19. The van der Waals surface area contributed by atoms with Crippen molar-refractivity contribution in [3.8, 4) is 0 Å². The number of hydrogen-bond donors (Lipinski definition) is 3. The Balaban J connectivity index is 2.28. The van der Waals surface area contributed by atoms with Gasteiger partial charge in [-0.25, -0.2) is 0 Å². The van der Waals surface area contributed by atoms with Crippen LogP contribution in [0.2, 0.25) is 5.02 Å². The number of nitrogens with one attached hydrogen (secondary N) is 1. The van der Waals surface area contributed by atoms with E-state index >= 15 is 0 Å². The average Bonchev–Trinajstić information content (AvgIpc) is 2.80. The van der Waals surface area contributed by atoms with Gasteiger partial charge in [0.25, 0.3) is 5.91 Å². The average molecular weight is 389 g/mol. The number of halogens is 2. The lowest BCUT2D eigenvalue weighted by atomic mass is 10.2. The van der Waals surface area contributed by atoms with Crippen LogP contribution in [0, 0.1) is 6.92 Å². The third-order valence-electron chi connectivity index (χ3n) is 2.70. The zero-order chi connectivity index (χ0) is 15.6. The molecule has 0 aliphatic carbocycles. The van der Waals surface area contributed by atoms with Gasteiger partial charge in [0.15, 0.2) is 5.84 Å². The predicted octanol–water partition coefficient (Wildman–Crippen LogP) is 3.82. The normalized spacial score (nSPS) is 11.5. The molecule has 2 aromatic rings. The van der Waals surface area contributed by atoms with Crippen LogP contribution >= 0.6 is 38.9 Å². The van der Waals surface area contributed by atoms with Crippen molar-refractivity contribution < 1.29 is 10.0 Å². The molecule has 0 bridgehead atoms. The number of anilines is 1. The summed E-state index contributed by atoms with van der Waals surface area (Å²) in [7, 11) is 0. The second-order valence-corrected chi connectivity index (χ2v) is 6.98. The molecule has 1 amide bonds.